The second kappa shape index (κ2) is 9.20. The molecule has 1 aromatic rings. The molecule has 0 aliphatic rings. The maximum absolute atomic E-state index is 11.7. The summed E-state index contributed by atoms with van der Waals surface area (Å²) in [4.78, 5) is 22.1. The van der Waals surface area contributed by atoms with Gasteiger partial charge in [0.05, 0.1) is 30.3 Å². The Balaban J connectivity index is 2.70. The molecule has 8 heteroatoms. The van der Waals surface area contributed by atoms with Crippen LogP contribution in [0.1, 0.15) is 12.0 Å². The SMILES string of the molecule is COCCOc1ccc(C#N)cc1NC(=O)NCCC(=O)O. The van der Waals surface area contributed by atoms with Gasteiger partial charge in [0.15, 0.2) is 0 Å². The number of anilines is 1. The molecular weight excluding hydrogens is 290 g/mol. The number of carbonyl (C=O) groups is 2. The number of carboxylic acids is 1. The fraction of sp³-hybridized carbons (Fsp3) is 0.357. The molecule has 0 bridgehead atoms. The third-order valence-corrected chi connectivity index (χ3v) is 2.53. The number of hydrogen-bond acceptors (Lipinski definition) is 5. The minimum Gasteiger partial charge on any atom is -0.489 e. The smallest absolute Gasteiger partial charge is 0.319 e. The lowest BCUT2D eigenvalue weighted by atomic mass is 10.2. The Kier molecular flexibility index (Phi) is 7.22. The summed E-state index contributed by atoms with van der Waals surface area (Å²) in [7, 11) is 1.54. The lowest BCUT2D eigenvalue weighted by Crippen LogP contribution is -2.30. The molecule has 0 unspecified atom stereocenters. The van der Waals surface area contributed by atoms with Gasteiger partial charge in [-0.2, -0.15) is 5.26 Å². The zero-order valence-electron chi connectivity index (χ0n) is 12.1. The Morgan fingerprint density at radius 1 is 1.36 bits per heavy atom. The highest BCUT2D eigenvalue weighted by Crippen LogP contribution is 2.25. The van der Waals surface area contributed by atoms with Gasteiger partial charge in [0.1, 0.15) is 12.4 Å². The number of nitrogens with one attached hydrogen (secondary N) is 2. The van der Waals surface area contributed by atoms with Gasteiger partial charge in [-0.05, 0) is 18.2 Å². The van der Waals surface area contributed by atoms with Crippen molar-refractivity contribution in [1.82, 2.24) is 5.32 Å². The molecule has 0 saturated heterocycles. The first-order valence-corrected chi connectivity index (χ1v) is 6.49. The molecule has 0 spiro atoms. The number of hydrogen-bond donors (Lipinski definition) is 3. The molecule has 0 radical (unpaired) electrons. The molecule has 0 heterocycles. The van der Waals surface area contributed by atoms with Gasteiger partial charge in [0.2, 0.25) is 0 Å². The fourth-order valence-electron chi connectivity index (χ4n) is 1.51. The van der Waals surface area contributed by atoms with Crippen LogP contribution in [0.5, 0.6) is 5.75 Å². The number of nitrogens with zero attached hydrogens (tertiary/aromatic N) is 1. The Bertz CT molecular complexity index is 568. The number of ether oxygens (including phenoxy) is 2. The van der Waals surface area contributed by atoms with E-state index in [4.69, 9.17) is 19.8 Å². The average Bonchev–Trinajstić information content (AvgIpc) is 2.48. The molecule has 1 aromatic carbocycles. The predicted octanol–water partition coefficient (Wildman–Crippen LogP) is 1.18. The van der Waals surface area contributed by atoms with E-state index in [1.54, 1.807) is 12.1 Å². The van der Waals surface area contributed by atoms with E-state index >= 15 is 0 Å². The third-order valence-electron chi connectivity index (χ3n) is 2.53. The number of carbonyl (C=O) groups excluding carboxylic acids is 1. The van der Waals surface area contributed by atoms with Crippen molar-refractivity contribution < 1.29 is 24.2 Å². The van der Waals surface area contributed by atoms with Crippen LogP contribution in [0, 0.1) is 11.3 Å². The van der Waals surface area contributed by atoms with E-state index in [1.807, 2.05) is 6.07 Å². The van der Waals surface area contributed by atoms with Gasteiger partial charge in [-0.3, -0.25) is 4.79 Å². The van der Waals surface area contributed by atoms with Crippen LogP contribution < -0.4 is 15.4 Å². The molecule has 118 valence electrons. The Morgan fingerprint density at radius 3 is 2.77 bits per heavy atom. The molecule has 0 aliphatic carbocycles. The van der Waals surface area contributed by atoms with E-state index in [2.05, 4.69) is 10.6 Å². The topological polar surface area (TPSA) is 121 Å². The highest BCUT2D eigenvalue weighted by Gasteiger charge is 2.09. The van der Waals surface area contributed by atoms with Crippen LogP contribution in [0.3, 0.4) is 0 Å². The summed E-state index contributed by atoms with van der Waals surface area (Å²) < 4.78 is 10.3. The first-order valence-electron chi connectivity index (χ1n) is 6.49. The predicted molar refractivity (Wildman–Crippen MR) is 77.8 cm³/mol. The molecule has 0 atom stereocenters. The van der Waals surface area contributed by atoms with Crippen molar-refractivity contribution in [2.24, 2.45) is 0 Å². The Hall–Kier alpha value is -2.79. The minimum absolute atomic E-state index is 0.00102. The molecule has 0 aromatic heterocycles. The zero-order chi connectivity index (χ0) is 16.4. The summed E-state index contributed by atoms with van der Waals surface area (Å²) in [5.74, 6) is -0.611. The number of methoxy groups -OCH3 is 1. The van der Waals surface area contributed by atoms with E-state index in [1.165, 1.54) is 13.2 Å². The van der Waals surface area contributed by atoms with Crippen LogP contribution in [0.25, 0.3) is 0 Å². The third kappa shape index (κ3) is 6.11. The van der Waals surface area contributed by atoms with E-state index in [-0.39, 0.29) is 19.6 Å². The van der Waals surface area contributed by atoms with Gasteiger partial charge in [0, 0.05) is 13.7 Å². The van der Waals surface area contributed by atoms with Crippen LogP contribution in [-0.4, -0.2) is 44.0 Å². The van der Waals surface area contributed by atoms with Crippen LogP contribution in [-0.2, 0) is 9.53 Å². The summed E-state index contributed by atoms with van der Waals surface area (Å²) in [5.41, 5.74) is 0.683. The Morgan fingerprint density at radius 2 is 2.14 bits per heavy atom. The summed E-state index contributed by atoms with van der Waals surface area (Å²) in [5, 5.41) is 22.3. The van der Waals surface area contributed by atoms with Gasteiger partial charge in [-0.15, -0.1) is 0 Å². The summed E-state index contributed by atoms with van der Waals surface area (Å²) in [6.45, 7) is 0.668. The van der Waals surface area contributed by atoms with E-state index in [0.717, 1.165) is 0 Å². The number of amides is 2. The first kappa shape index (κ1) is 17.3. The monoisotopic (exact) mass is 307 g/mol. The average molecular weight is 307 g/mol. The molecule has 0 saturated carbocycles. The van der Waals surface area contributed by atoms with Crippen molar-refractivity contribution in [2.45, 2.75) is 6.42 Å². The van der Waals surface area contributed by atoms with Crippen LogP contribution in [0.15, 0.2) is 18.2 Å². The van der Waals surface area contributed by atoms with Crippen LogP contribution >= 0.6 is 0 Å². The number of benzene rings is 1. The molecule has 8 nitrogen and oxygen atoms in total. The highest BCUT2D eigenvalue weighted by molar-refractivity contribution is 5.91. The number of nitriles is 1. The summed E-state index contributed by atoms with van der Waals surface area (Å²) >= 11 is 0. The standard InChI is InChI=1S/C14H17N3O5/c1-21-6-7-22-12-3-2-10(9-15)8-11(12)17-14(20)16-5-4-13(18)19/h2-3,8H,4-7H2,1H3,(H,18,19)(H2,16,17,20). The number of urea groups is 1. The van der Waals surface area contributed by atoms with Gasteiger partial charge in [-0.25, -0.2) is 4.79 Å². The van der Waals surface area contributed by atoms with Gasteiger partial charge in [0.25, 0.3) is 0 Å². The molecular formula is C14H17N3O5. The second-order valence-corrected chi connectivity index (χ2v) is 4.19. The second-order valence-electron chi connectivity index (χ2n) is 4.19. The van der Waals surface area contributed by atoms with Gasteiger partial charge >= 0.3 is 12.0 Å². The normalized spacial score (nSPS) is 9.64. The maximum atomic E-state index is 11.7. The van der Waals surface area contributed by atoms with E-state index in [0.29, 0.717) is 23.6 Å². The molecule has 3 N–H and O–H groups in total. The van der Waals surface area contributed by atoms with Crippen molar-refractivity contribution in [3.8, 4) is 11.8 Å². The lowest BCUT2D eigenvalue weighted by Gasteiger charge is -2.13. The number of rotatable bonds is 8. The molecule has 0 fully saturated rings. The highest BCUT2D eigenvalue weighted by atomic mass is 16.5. The van der Waals surface area contributed by atoms with Crippen molar-refractivity contribution >= 4 is 17.7 Å². The zero-order valence-corrected chi connectivity index (χ0v) is 12.1. The minimum atomic E-state index is -1.00. The Labute approximate surface area is 127 Å². The van der Waals surface area contributed by atoms with Crippen molar-refractivity contribution in [3.63, 3.8) is 0 Å². The largest absolute Gasteiger partial charge is 0.489 e. The first-order chi connectivity index (χ1) is 10.6. The number of aliphatic carboxylic acids is 1. The van der Waals surface area contributed by atoms with E-state index in [9.17, 15) is 9.59 Å². The summed E-state index contributed by atoms with van der Waals surface area (Å²) in [6.07, 6.45) is -0.178. The maximum Gasteiger partial charge on any atom is 0.319 e. The lowest BCUT2D eigenvalue weighted by molar-refractivity contribution is -0.136. The molecule has 1 rings (SSSR count). The van der Waals surface area contributed by atoms with Crippen molar-refractivity contribution in [3.05, 3.63) is 23.8 Å². The van der Waals surface area contributed by atoms with Gasteiger partial charge < -0.3 is 25.2 Å². The quantitative estimate of drug-likeness (QED) is 0.620. The molecule has 2 amide bonds. The fourth-order valence-corrected chi connectivity index (χ4v) is 1.51. The van der Waals surface area contributed by atoms with E-state index < -0.39 is 12.0 Å². The van der Waals surface area contributed by atoms with Crippen LogP contribution in [0.2, 0.25) is 0 Å². The summed E-state index contributed by atoms with van der Waals surface area (Å²) in [6, 6.07) is 5.99. The van der Waals surface area contributed by atoms with Crippen molar-refractivity contribution in [1.29, 1.82) is 5.26 Å². The van der Waals surface area contributed by atoms with Crippen LogP contribution in [0.4, 0.5) is 10.5 Å². The molecule has 22 heavy (non-hydrogen) atoms. The number of carboxylic acid groups (broad SMARTS) is 1. The molecule has 0 aliphatic heterocycles. The van der Waals surface area contributed by atoms with Crippen molar-refractivity contribution in [2.75, 3.05) is 32.2 Å². The van der Waals surface area contributed by atoms with Gasteiger partial charge in [-0.1, -0.05) is 0 Å².